The molecule has 236 valence electrons. The molecule has 6 rings (SSSR count). The summed E-state index contributed by atoms with van der Waals surface area (Å²) >= 11 is 1.31. The standard InChI is InChI=1S/C33H37N3O7SSi/c1-32(2,3)45(5,6)42-19-26-29-24-9-7-8-10-27(24)43-33(26,20-41-18-21-11-14-23(40-4)15-12-21)34-31-35(29)30(37)25-17-22(36(38)39)13-16-28(25)44-31/h7-17,26,29H,18-20H2,1-6H3/t26-,29-,33+/m1/s1. The third-order valence-electron chi connectivity index (χ3n) is 9.25. The van der Waals surface area contributed by atoms with Gasteiger partial charge >= 0.3 is 0 Å². The first-order valence-corrected chi connectivity index (χ1v) is 18.6. The average Bonchev–Trinajstić information content (AvgIpc) is 2.99. The molecule has 3 atom stereocenters. The highest BCUT2D eigenvalue weighted by Crippen LogP contribution is 2.54. The van der Waals surface area contributed by atoms with E-state index in [1.807, 2.05) is 48.5 Å². The highest BCUT2D eigenvalue weighted by atomic mass is 32.2. The van der Waals surface area contributed by atoms with Gasteiger partial charge in [0.1, 0.15) is 18.1 Å². The molecular weight excluding hydrogens is 611 g/mol. The molecule has 3 heterocycles. The molecule has 12 heteroatoms. The number of nitrogens with zero attached hydrogens (tertiary/aromatic N) is 3. The second-order valence-electron chi connectivity index (χ2n) is 13.1. The first-order valence-electron chi connectivity index (χ1n) is 14.9. The summed E-state index contributed by atoms with van der Waals surface area (Å²) in [6.45, 7) is 11.7. The monoisotopic (exact) mass is 647 g/mol. The van der Waals surface area contributed by atoms with Gasteiger partial charge in [0.15, 0.2) is 13.5 Å². The number of nitro benzene ring substituents is 1. The molecule has 0 saturated heterocycles. The number of amides is 1. The predicted molar refractivity (Wildman–Crippen MR) is 174 cm³/mol. The molecule has 1 amide bonds. The van der Waals surface area contributed by atoms with Crippen LogP contribution >= 0.6 is 11.8 Å². The van der Waals surface area contributed by atoms with Crippen molar-refractivity contribution in [2.45, 2.75) is 62.2 Å². The minimum absolute atomic E-state index is 0.0450. The van der Waals surface area contributed by atoms with Crippen molar-refractivity contribution in [3.8, 4) is 11.5 Å². The van der Waals surface area contributed by atoms with Gasteiger partial charge in [0.05, 0.1) is 36.2 Å². The summed E-state index contributed by atoms with van der Waals surface area (Å²) in [6.07, 6.45) is 0. The van der Waals surface area contributed by atoms with Gasteiger partial charge in [0.25, 0.3) is 11.6 Å². The number of hydrogen-bond acceptors (Lipinski definition) is 9. The lowest BCUT2D eigenvalue weighted by Crippen LogP contribution is -2.63. The van der Waals surface area contributed by atoms with Gasteiger partial charge in [-0.15, -0.1) is 0 Å². The smallest absolute Gasteiger partial charge is 0.270 e. The molecule has 0 unspecified atom stereocenters. The first kappa shape index (κ1) is 31.3. The van der Waals surface area contributed by atoms with Crippen LogP contribution in [0.3, 0.4) is 0 Å². The Morgan fingerprint density at radius 2 is 1.84 bits per heavy atom. The molecule has 10 nitrogen and oxygen atoms in total. The number of amidine groups is 1. The SMILES string of the molecule is COc1ccc(COC[C@]23N=C4Sc5ccc([N+](=O)[O-])cc5C(=O)N4[C@H](c4ccccc4O2)[C@H]3CO[Si](C)(C)C(C)(C)C)cc1. The van der Waals surface area contributed by atoms with E-state index in [0.717, 1.165) is 16.9 Å². The lowest BCUT2D eigenvalue weighted by atomic mass is 9.80. The lowest BCUT2D eigenvalue weighted by Gasteiger charge is -2.54. The van der Waals surface area contributed by atoms with E-state index < -0.39 is 30.9 Å². The Hall–Kier alpha value is -3.71. The summed E-state index contributed by atoms with van der Waals surface area (Å²) in [5.74, 6) is 0.618. The molecule has 3 aromatic carbocycles. The Kier molecular flexibility index (Phi) is 8.05. The molecule has 2 bridgehead atoms. The number of carbonyl (C=O) groups excluding carboxylic acids is 1. The van der Waals surface area contributed by atoms with Gasteiger partial charge in [-0.2, -0.15) is 0 Å². The summed E-state index contributed by atoms with van der Waals surface area (Å²) in [7, 11) is -0.603. The molecule has 45 heavy (non-hydrogen) atoms. The lowest BCUT2D eigenvalue weighted by molar-refractivity contribution is -0.384. The van der Waals surface area contributed by atoms with Gasteiger partial charge < -0.3 is 18.6 Å². The van der Waals surface area contributed by atoms with Crippen LogP contribution in [0.1, 0.15) is 48.3 Å². The fraction of sp³-hybridized carbons (Fsp3) is 0.394. The maximum atomic E-state index is 14.3. The van der Waals surface area contributed by atoms with E-state index in [9.17, 15) is 14.9 Å². The third kappa shape index (κ3) is 5.64. The van der Waals surface area contributed by atoms with Crippen LogP contribution in [0.5, 0.6) is 11.5 Å². The summed E-state index contributed by atoms with van der Waals surface area (Å²) < 4.78 is 25.3. The zero-order valence-electron chi connectivity index (χ0n) is 26.2. The van der Waals surface area contributed by atoms with Crippen molar-refractivity contribution in [1.82, 2.24) is 4.90 Å². The highest BCUT2D eigenvalue weighted by molar-refractivity contribution is 8.14. The minimum atomic E-state index is -2.23. The number of benzene rings is 3. The van der Waals surface area contributed by atoms with Crippen molar-refractivity contribution < 1.29 is 28.4 Å². The molecule has 3 aliphatic heterocycles. The van der Waals surface area contributed by atoms with E-state index in [-0.39, 0.29) is 35.4 Å². The number of non-ortho nitro benzene ring substituents is 1. The van der Waals surface area contributed by atoms with Gasteiger partial charge in [-0.25, -0.2) is 4.99 Å². The van der Waals surface area contributed by atoms with E-state index >= 15 is 0 Å². The van der Waals surface area contributed by atoms with Crippen molar-refractivity contribution in [2.24, 2.45) is 10.9 Å². The molecule has 0 N–H and O–H groups in total. The average molecular weight is 648 g/mol. The Balaban J connectivity index is 1.44. The number of rotatable bonds is 9. The van der Waals surface area contributed by atoms with E-state index in [4.69, 9.17) is 23.6 Å². The molecule has 3 aliphatic rings. The number of hydrogen-bond donors (Lipinski definition) is 0. The summed E-state index contributed by atoms with van der Waals surface area (Å²) in [5, 5.41) is 12.0. The molecule has 0 aliphatic carbocycles. The van der Waals surface area contributed by atoms with Crippen molar-refractivity contribution in [1.29, 1.82) is 0 Å². The van der Waals surface area contributed by atoms with E-state index in [0.29, 0.717) is 22.4 Å². The fourth-order valence-corrected chi connectivity index (χ4v) is 7.76. The van der Waals surface area contributed by atoms with Crippen LogP contribution in [-0.2, 0) is 15.8 Å². The molecule has 3 aromatic rings. The van der Waals surface area contributed by atoms with Gasteiger partial charge in [0.2, 0.25) is 5.72 Å². The topological polar surface area (TPSA) is 113 Å². The van der Waals surface area contributed by atoms with Crippen LogP contribution in [0.25, 0.3) is 0 Å². The van der Waals surface area contributed by atoms with Gasteiger partial charge in [-0.3, -0.25) is 19.8 Å². The number of nitro groups is 1. The van der Waals surface area contributed by atoms with Crippen molar-refractivity contribution in [3.05, 3.63) is 93.5 Å². The minimum Gasteiger partial charge on any atom is -0.497 e. The van der Waals surface area contributed by atoms with Crippen LogP contribution < -0.4 is 9.47 Å². The van der Waals surface area contributed by atoms with Crippen LogP contribution in [0.2, 0.25) is 18.1 Å². The van der Waals surface area contributed by atoms with Crippen LogP contribution in [-0.4, -0.2) is 55.3 Å². The first-order chi connectivity index (χ1) is 21.3. The second kappa shape index (κ2) is 11.6. The summed E-state index contributed by atoms with van der Waals surface area (Å²) in [4.78, 5) is 32.9. The maximum Gasteiger partial charge on any atom is 0.270 e. The van der Waals surface area contributed by atoms with E-state index in [1.165, 1.54) is 23.9 Å². The Morgan fingerprint density at radius 3 is 2.53 bits per heavy atom. The van der Waals surface area contributed by atoms with Gasteiger partial charge in [-0.1, -0.05) is 62.9 Å². The van der Waals surface area contributed by atoms with E-state index in [1.54, 1.807) is 18.1 Å². The predicted octanol–water partition coefficient (Wildman–Crippen LogP) is 7.21. The normalized spacial score (nSPS) is 22.0. The quantitative estimate of drug-likeness (QED) is 0.136. The molecule has 0 spiro atoms. The van der Waals surface area contributed by atoms with Crippen LogP contribution in [0.4, 0.5) is 5.69 Å². The largest absolute Gasteiger partial charge is 0.497 e. The third-order valence-corrected chi connectivity index (χ3v) is 14.8. The number of para-hydroxylation sites is 1. The van der Waals surface area contributed by atoms with Crippen LogP contribution in [0, 0.1) is 16.0 Å². The van der Waals surface area contributed by atoms with Gasteiger partial charge in [-0.05, 0) is 48.0 Å². The number of thioether (sulfide) groups is 1. The Bertz CT molecular complexity index is 1670. The molecular formula is C33H37N3O7SSi. The Labute approximate surface area is 268 Å². The number of fused-ring (bicyclic) bond motifs is 7. The number of aliphatic imine (C=N–C) groups is 1. The molecule has 0 fully saturated rings. The molecule has 0 radical (unpaired) electrons. The summed E-state index contributed by atoms with van der Waals surface area (Å²) in [6, 6.07) is 19.2. The zero-order valence-corrected chi connectivity index (χ0v) is 28.1. The number of methoxy groups -OCH3 is 1. The second-order valence-corrected chi connectivity index (χ2v) is 18.9. The van der Waals surface area contributed by atoms with Gasteiger partial charge in [0, 0.05) is 29.2 Å². The maximum absolute atomic E-state index is 14.3. The van der Waals surface area contributed by atoms with E-state index in [2.05, 4.69) is 33.9 Å². The zero-order chi connectivity index (χ0) is 32.1. The summed E-state index contributed by atoms with van der Waals surface area (Å²) in [5.41, 5.74) is 0.765. The number of carbonyl (C=O) groups is 1. The van der Waals surface area contributed by atoms with Crippen LogP contribution in [0.15, 0.2) is 76.6 Å². The highest BCUT2D eigenvalue weighted by Gasteiger charge is 2.59. The molecule has 0 aromatic heterocycles. The van der Waals surface area contributed by atoms with Crippen molar-refractivity contribution in [3.63, 3.8) is 0 Å². The van der Waals surface area contributed by atoms with Crippen molar-refractivity contribution >= 4 is 36.8 Å². The Morgan fingerprint density at radius 1 is 1.11 bits per heavy atom. The number of ether oxygens (including phenoxy) is 3. The molecule has 0 saturated carbocycles. The fourth-order valence-electron chi connectivity index (χ4n) is 5.65. The van der Waals surface area contributed by atoms with Crippen molar-refractivity contribution in [2.75, 3.05) is 20.3 Å².